The van der Waals surface area contributed by atoms with E-state index in [4.69, 9.17) is 9.47 Å². The number of carbonyl (C=O) groups is 4. The van der Waals surface area contributed by atoms with Crippen LogP contribution >= 0.6 is 0 Å². The van der Waals surface area contributed by atoms with Crippen LogP contribution in [0.3, 0.4) is 0 Å². The van der Waals surface area contributed by atoms with Gasteiger partial charge in [-0.2, -0.15) is 0 Å². The predicted molar refractivity (Wildman–Crippen MR) is 153 cm³/mol. The third kappa shape index (κ3) is 9.51. The molecule has 2 aromatic carbocycles. The Labute approximate surface area is 241 Å². The second-order valence-corrected chi connectivity index (χ2v) is 11.4. The molecule has 0 saturated heterocycles. The largest absolute Gasteiger partial charge is 0.508 e. The summed E-state index contributed by atoms with van der Waals surface area (Å²) >= 11 is 0. The van der Waals surface area contributed by atoms with Gasteiger partial charge in [-0.1, -0.05) is 61.7 Å². The predicted octanol–water partition coefficient (Wildman–Crippen LogP) is 3.55. The van der Waals surface area contributed by atoms with Crippen LogP contribution in [-0.2, 0) is 36.7 Å². The van der Waals surface area contributed by atoms with Crippen LogP contribution in [0.15, 0.2) is 54.6 Å². The van der Waals surface area contributed by atoms with Crippen LogP contribution in [0.1, 0.15) is 64.0 Å². The lowest BCUT2D eigenvalue weighted by Crippen LogP contribution is -2.65. The minimum Gasteiger partial charge on any atom is -0.508 e. The van der Waals surface area contributed by atoms with E-state index in [0.717, 1.165) is 12.0 Å². The van der Waals surface area contributed by atoms with Gasteiger partial charge in [-0.3, -0.25) is 9.59 Å². The molecule has 0 spiro atoms. The number of phenolic OH excluding ortho intramolecular Hbond substituents is 1. The molecular formula is C31H41N3O7. The molecule has 3 amide bonds. The Morgan fingerprint density at radius 2 is 1.44 bits per heavy atom. The Bertz CT molecular complexity index is 1190. The van der Waals surface area contributed by atoms with Crippen LogP contribution in [0.5, 0.6) is 5.75 Å². The third-order valence-electron chi connectivity index (χ3n) is 6.96. The third-order valence-corrected chi connectivity index (χ3v) is 6.96. The van der Waals surface area contributed by atoms with Crippen molar-refractivity contribution in [1.82, 2.24) is 16.0 Å². The van der Waals surface area contributed by atoms with Gasteiger partial charge >= 0.3 is 12.1 Å². The van der Waals surface area contributed by atoms with Crippen molar-refractivity contribution >= 4 is 23.9 Å². The molecule has 1 fully saturated rings. The zero-order valence-corrected chi connectivity index (χ0v) is 24.2. The van der Waals surface area contributed by atoms with Crippen molar-refractivity contribution in [2.24, 2.45) is 0 Å². The summed E-state index contributed by atoms with van der Waals surface area (Å²) in [6, 6.07) is 13.6. The molecule has 0 unspecified atom stereocenters. The van der Waals surface area contributed by atoms with E-state index in [-0.39, 0.29) is 18.6 Å². The van der Waals surface area contributed by atoms with Crippen LogP contribution in [0, 0.1) is 0 Å². The molecule has 0 radical (unpaired) electrons. The number of nitrogens with one attached hydrogen (secondary N) is 3. The fraction of sp³-hybridized carbons (Fsp3) is 0.484. The van der Waals surface area contributed by atoms with Crippen molar-refractivity contribution in [2.75, 3.05) is 7.11 Å². The summed E-state index contributed by atoms with van der Waals surface area (Å²) in [6.45, 7) is 5.16. The van der Waals surface area contributed by atoms with Crippen molar-refractivity contribution in [3.63, 3.8) is 0 Å². The number of hydrogen-bond acceptors (Lipinski definition) is 7. The van der Waals surface area contributed by atoms with E-state index in [1.54, 1.807) is 32.9 Å². The number of rotatable bonds is 10. The van der Waals surface area contributed by atoms with Gasteiger partial charge < -0.3 is 30.5 Å². The number of esters is 1. The van der Waals surface area contributed by atoms with Gasteiger partial charge in [-0.25, -0.2) is 9.59 Å². The topological polar surface area (TPSA) is 143 Å². The summed E-state index contributed by atoms with van der Waals surface area (Å²) in [7, 11) is 1.26. The molecule has 222 valence electrons. The summed E-state index contributed by atoms with van der Waals surface area (Å²) < 4.78 is 10.3. The molecule has 0 aliphatic heterocycles. The van der Waals surface area contributed by atoms with E-state index in [2.05, 4.69) is 16.0 Å². The number of hydrogen-bond donors (Lipinski definition) is 4. The number of phenols is 1. The van der Waals surface area contributed by atoms with Gasteiger partial charge in [-0.15, -0.1) is 0 Å². The fourth-order valence-corrected chi connectivity index (χ4v) is 4.90. The highest BCUT2D eigenvalue weighted by Crippen LogP contribution is 2.29. The average Bonchev–Trinajstić information content (AvgIpc) is 2.93. The Morgan fingerprint density at radius 1 is 0.854 bits per heavy atom. The van der Waals surface area contributed by atoms with E-state index in [1.165, 1.54) is 19.2 Å². The molecule has 0 heterocycles. The monoisotopic (exact) mass is 567 g/mol. The normalized spacial score (nSPS) is 16.0. The molecular weight excluding hydrogens is 526 g/mol. The molecule has 10 nitrogen and oxygen atoms in total. The summed E-state index contributed by atoms with van der Waals surface area (Å²) in [5.41, 5.74) is -0.521. The standard InChI is InChI=1S/C31H41N3O7/c1-30(2,3)41-29(39)33-24(19-22-13-15-23(35)16-14-22)26(36)34-31(17-9-6-10-18-31)28(38)32-25(27(37)40-4)20-21-11-7-5-8-12-21/h5,7-8,11-16,24-25,35H,6,9-10,17-20H2,1-4H3,(H,32,38)(H,33,39)(H,34,36)/t24-,25-/m0/s1. The number of aromatic hydroxyl groups is 1. The molecule has 41 heavy (non-hydrogen) atoms. The number of ether oxygens (including phenoxy) is 2. The first-order chi connectivity index (χ1) is 19.4. The molecule has 0 aromatic heterocycles. The van der Waals surface area contributed by atoms with Gasteiger partial charge in [0.15, 0.2) is 0 Å². The Balaban J connectivity index is 1.84. The van der Waals surface area contributed by atoms with Crippen LogP contribution in [0.25, 0.3) is 0 Å². The minimum atomic E-state index is -1.28. The number of alkyl carbamates (subject to hydrolysis) is 1. The van der Waals surface area contributed by atoms with Crippen LogP contribution < -0.4 is 16.0 Å². The highest BCUT2D eigenvalue weighted by atomic mass is 16.6. The number of benzene rings is 2. The van der Waals surface area contributed by atoms with Crippen LogP contribution in [0.2, 0.25) is 0 Å². The van der Waals surface area contributed by atoms with Crippen molar-refractivity contribution < 1.29 is 33.8 Å². The maximum atomic E-state index is 13.8. The van der Waals surface area contributed by atoms with Gasteiger partial charge in [0.2, 0.25) is 11.8 Å². The number of methoxy groups -OCH3 is 1. The second kappa shape index (κ2) is 14.0. The van der Waals surface area contributed by atoms with Gasteiger partial charge in [-0.05, 0) is 56.9 Å². The summed E-state index contributed by atoms with van der Waals surface area (Å²) in [5, 5.41) is 18.1. The zero-order chi connectivity index (χ0) is 30.0. The van der Waals surface area contributed by atoms with E-state index >= 15 is 0 Å². The van der Waals surface area contributed by atoms with Gasteiger partial charge in [0.05, 0.1) is 7.11 Å². The van der Waals surface area contributed by atoms with Gasteiger partial charge in [0.25, 0.3) is 0 Å². The lowest BCUT2D eigenvalue weighted by atomic mass is 9.80. The maximum absolute atomic E-state index is 13.8. The van der Waals surface area contributed by atoms with E-state index in [9.17, 15) is 24.3 Å². The average molecular weight is 568 g/mol. The molecule has 0 bridgehead atoms. The van der Waals surface area contributed by atoms with Crippen LogP contribution in [0.4, 0.5) is 4.79 Å². The van der Waals surface area contributed by atoms with Crippen molar-refractivity contribution in [3.8, 4) is 5.75 Å². The van der Waals surface area contributed by atoms with E-state index in [0.29, 0.717) is 31.2 Å². The molecule has 2 atom stereocenters. The van der Waals surface area contributed by atoms with Gasteiger partial charge in [0.1, 0.15) is 29.0 Å². The first kappa shape index (κ1) is 31.4. The Kier molecular flexibility index (Phi) is 10.7. The molecule has 2 aromatic rings. The summed E-state index contributed by atoms with van der Waals surface area (Å²) in [4.78, 5) is 52.9. The molecule has 1 aliphatic rings. The van der Waals surface area contributed by atoms with Crippen molar-refractivity contribution in [3.05, 3.63) is 65.7 Å². The van der Waals surface area contributed by atoms with E-state index in [1.807, 2.05) is 30.3 Å². The molecule has 4 N–H and O–H groups in total. The van der Waals surface area contributed by atoms with Gasteiger partial charge in [0, 0.05) is 12.8 Å². The quantitative estimate of drug-likeness (QED) is 0.322. The number of carbonyl (C=O) groups excluding carboxylic acids is 4. The Morgan fingerprint density at radius 3 is 2.02 bits per heavy atom. The second-order valence-electron chi connectivity index (χ2n) is 11.4. The fourth-order valence-electron chi connectivity index (χ4n) is 4.90. The highest BCUT2D eigenvalue weighted by Gasteiger charge is 2.43. The lowest BCUT2D eigenvalue weighted by Gasteiger charge is -2.38. The highest BCUT2D eigenvalue weighted by molar-refractivity contribution is 5.96. The zero-order valence-electron chi connectivity index (χ0n) is 24.2. The van der Waals surface area contributed by atoms with Crippen molar-refractivity contribution in [1.29, 1.82) is 0 Å². The molecule has 10 heteroatoms. The lowest BCUT2D eigenvalue weighted by molar-refractivity contribution is -0.146. The SMILES string of the molecule is COC(=O)[C@H](Cc1ccccc1)NC(=O)C1(NC(=O)[C@H](Cc2ccc(O)cc2)NC(=O)OC(C)(C)C)CCCCC1. The smallest absolute Gasteiger partial charge is 0.408 e. The summed E-state index contributed by atoms with van der Waals surface area (Å²) in [6.07, 6.45) is 2.63. The first-order valence-electron chi connectivity index (χ1n) is 13.9. The number of amides is 3. The molecule has 1 saturated carbocycles. The van der Waals surface area contributed by atoms with Crippen molar-refractivity contribution in [2.45, 2.75) is 88.9 Å². The minimum absolute atomic E-state index is 0.0725. The molecule has 1 aliphatic carbocycles. The maximum Gasteiger partial charge on any atom is 0.408 e. The van der Waals surface area contributed by atoms with E-state index < -0.39 is 47.1 Å². The molecule has 3 rings (SSSR count). The summed E-state index contributed by atoms with van der Waals surface area (Å²) in [5.74, 6) is -1.55. The first-order valence-corrected chi connectivity index (χ1v) is 13.9. The Hall–Kier alpha value is -4.08. The van der Waals surface area contributed by atoms with Crippen LogP contribution in [-0.4, -0.2) is 59.3 Å².